The zero-order valence-electron chi connectivity index (χ0n) is 7.53. The molecule has 66 valence electrons. The van der Waals surface area contributed by atoms with Crippen LogP contribution in [0.15, 0.2) is 30.3 Å². The van der Waals surface area contributed by atoms with Crippen molar-refractivity contribution >= 4 is 0 Å². The van der Waals surface area contributed by atoms with Crippen molar-refractivity contribution in [3.8, 4) is 0 Å². The zero-order chi connectivity index (χ0) is 8.81. The second-order valence-electron chi connectivity index (χ2n) is 2.81. The predicted octanol–water partition coefficient (Wildman–Crippen LogP) is 1.42. The van der Waals surface area contributed by atoms with Crippen LogP contribution in [-0.4, -0.2) is 18.1 Å². The summed E-state index contributed by atoms with van der Waals surface area (Å²) in [5.41, 5.74) is 6.88. The molecule has 2 nitrogen and oxygen atoms in total. The highest BCUT2D eigenvalue weighted by molar-refractivity contribution is 5.14. The molecule has 0 spiro atoms. The third kappa shape index (κ3) is 2.64. The lowest BCUT2D eigenvalue weighted by Gasteiger charge is -2.17. The fraction of sp³-hybridized carbons (Fsp3) is 0.400. The van der Waals surface area contributed by atoms with Crippen LogP contribution in [0.4, 0.5) is 0 Å². The van der Waals surface area contributed by atoms with Gasteiger partial charge in [0.1, 0.15) is 0 Å². The molecule has 0 bridgehead atoms. The minimum Gasteiger partial charge on any atom is -0.318 e. The lowest BCUT2D eigenvalue weighted by atomic mass is 10.2. The monoisotopic (exact) mass is 164 g/mol. The molecular weight excluding hydrogens is 148 g/mol. The summed E-state index contributed by atoms with van der Waals surface area (Å²) in [6.07, 6.45) is 0. The number of nitrogens with zero attached hydrogens (tertiary/aromatic N) is 1. The minimum absolute atomic E-state index is 0.630. The fourth-order valence-electron chi connectivity index (χ4n) is 1.15. The number of hydrogen-bond donors (Lipinski definition) is 1. The molecule has 2 heteroatoms. The van der Waals surface area contributed by atoms with E-state index in [2.05, 4.69) is 36.1 Å². The first-order valence-corrected chi connectivity index (χ1v) is 4.33. The van der Waals surface area contributed by atoms with Crippen molar-refractivity contribution < 1.29 is 0 Å². The third-order valence-electron chi connectivity index (χ3n) is 1.95. The van der Waals surface area contributed by atoms with Crippen molar-refractivity contribution in [2.75, 3.05) is 13.2 Å². The largest absolute Gasteiger partial charge is 0.318 e. The van der Waals surface area contributed by atoms with Gasteiger partial charge in [-0.1, -0.05) is 37.3 Å². The number of rotatable bonds is 4. The first kappa shape index (κ1) is 9.23. The predicted molar refractivity (Wildman–Crippen MR) is 51.6 cm³/mol. The van der Waals surface area contributed by atoms with Gasteiger partial charge in [0.05, 0.1) is 0 Å². The zero-order valence-corrected chi connectivity index (χ0v) is 7.53. The van der Waals surface area contributed by atoms with Gasteiger partial charge < -0.3 is 5.73 Å². The molecule has 0 unspecified atom stereocenters. The van der Waals surface area contributed by atoms with Gasteiger partial charge in [-0.25, -0.2) is 0 Å². The molecule has 0 atom stereocenters. The Labute approximate surface area is 74.0 Å². The highest BCUT2D eigenvalue weighted by Crippen LogP contribution is 2.02. The standard InChI is InChI=1S/C10H16N2/c1-2-12(9-11)8-10-6-4-3-5-7-10/h3-7H,2,8-9,11H2,1H3. The van der Waals surface area contributed by atoms with Crippen molar-refractivity contribution in [1.82, 2.24) is 4.90 Å². The summed E-state index contributed by atoms with van der Waals surface area (Å²) in [5, 5.41) is 0. The molecule has 0 aliphatic heterocycles. The summed E-state index contributed by atoms with van der Waals surface area (Å²) >= 11 is 0. The van der Waals surface area contributed by atoms with E-state index in [4.69, 9.17) is 5.73 Å². The van der Waals surface area contributed by atoms with Crippen molar-refractivity contribution in [2.24, 2.45) is 5.73 Å². The molecule has 2 N–H and O–H groups in total. The molecule has 12 heavy (non-hydrogen) atoms. The molecule has 0 radical (unpaired) electrons. The normalized spacial score (nSPS) is 10.6. The van der Waals surface area contributed by atoms with Crippen molar-refractivity contribution in [2.45, 2.75) is 13.5 Å². The first-order chi connectivity index (χ1) is 5.86. The van der Waals surface area contributed by atoms with Crippen LogP contribution in [0.5, 0.6) is 0 Å². The number of nitrogens with two attached hydrogens (primary N) is 1. The fourth-order valence-corrected chi connectivity index (χ4v) is 1.15. The third-order valence-corrected chi connectivity index (χ3v) is 1.95. The molecular formula is C10H16N2. The van der Waals surface area contributed by atoms with Gasteiger partial charge >= 0.3 is 0 Å². The molecule has 1 rings (SSSR count). The summed E-state index contributed by atoms with van der Waals surface area (Å²) in [6, 6.07) is 10.4. The molecule has 0 amide bonds. The molecule has 0 heterocycles. The van der Waals surface area contributed by atoms with E-state index < -0.39 is 0 Å². The molecule has 0 fully saturated rings. The summed E-state index contributed by atoms with van der Waals surface area (Å²) in [5.74, 6) is 0. The molecule has 1 aromatic rings. The van der Waals surface area contributed by atoms with E-state index in [-0.39, 0.29) is 0 Å². The summed E-state index contributed by atoms with van der Waals surface area (Å²) < 4.78 is 0. The molecule has 0 aromatic heterocycles. The summed E-state index contributed by atoms with van der Waals surface area (Å²) in [7, 11) is 0. The Morgan fingerprint density at radius 3 is 2.42 bits per heavy atom. The Balaban J connectivity index is 2.51. The van der Waals surface area contributed by atoms with E-state index in [0.717, 1.165) is 13.1 Å². The van der Waals surface area contributed by atoms with Crippen LogP contribution < -0.4 is 5.73 Å². The lowest BCUT2D eigenvalue weighted by Crippen LogP contribution is -2.29. The number of hydrogen-bond acceptors (Lipinski definition) is 2. The SMILES string of the molecule is CCN(CN)Cc1ccccc1. The van der Waals surface area contributed by atoms with Gasteiger partial charge in [-0.15, -0.1) is 0 Å². The maximum Gasteiger partial charge on any atom is 0.0458 e. The van der Waals surface area contributed by atoms with Crippen LogP contribution in [0, 0.1) is 0 Å². The van der Waals surface area contributed by atoms with E-state index in [9.17, 15) is 0 Å². The molecule has 1 aromatic carbocycles. The highest BCUT2D eigenvalue weighted by Gasteiger charge is 1.98. The van der Waals surface area contributed by atoms with Crippen LogP contribution in [0.1, 0.15) is 12.5 Å². The average Bonchev–Trinajstić information content (AvgIpc) is 2.16. The van der Waals surface area contributed by atoms with Crippen LogP contribution in [-0.2, 0) is 6.54 Å². The van der Waals surface area contributed by atoms with Crippen molar-refractivity contribution in [3.05, 3.63) is 35.9 Å². The molecule has 0 saturated heterocycles. The smallest absolute Gasteiger partial charge is 0.0458 e. The van der Waals surface area contributed by atoms with Gasteiger partial charge in [0, 0.05) is 13.2 Å². The van der Waals surface area contributed by atoms with Gasteiger partial charge in [0.2, 0.25) is 0 Å². The second kappa shape index (κ2) is 4.91. The van der Waals surface area contributed by atoms with Crippen molar-refractivity contribution in [3.63, 3.8) is 0 Å². The second-order valence-corrected chi connectivity index (χ2v) is 2.81. The minimum atomic E-state index is 0.630. The number of benzene rings is 1. The first-order valence-electron chi connectivity index (χ1n) is 4.33. The Morgan fingerprint density at radius 1 is 1.25 bits per heavy atom. The maximum atomic E-state index is 5.56. The van der Waals surface area contributed by atoms with E-state index in [1.54, 1.807) is 0 Å². The van der Waals surface area contributed by atoms with Crippen molar-refractivity contribution in [1.29, 1.82) is 0 Å². The van der Waals surface area contributed by atoms with Crippen LogP contribution in [0.25, 0.3) is 0 Å². The summed E-state index contributed by atoms with van der Waals surface area (Å²) in [4.78, 5) is 2.19. The van der Waals surface area contributed by atoms with E-state index in [1.165, 1.54) is 5.56 Å². The van der Waals surface area contributed by atoms with Gasteiger partial charge in [-0.2, -0.15) is 0 Å². The van der Waals surface area contributed by atoms with Crippen LogP contribution in [0.2, 0.25) is 0 Å². The Hall–Kier alpha value is -0.860. The molecule has 0 saturated carbocycles. The average molecular weight is 164 g/mol. The maximum absolute atomic E-state index is 5.56. The Morgan fingerprint density at radius 2 is 1.92 bits per heavy atom. The van der Waals surface area contributed by atoms with Crippen LogP contribution in [0.3, 0.4) is 0 Å². The van der Waals surface area contributed by atoms with E-state index in [0.29, 0.717) is 6.67 Å². The summed E-state index contributed by atoms with van der Waals surface area (Å²) in [6.45, 7) is 4.71. The lowest BCUT2D eigenvalue weighted by molar-refractivity contribution is 0.288. The quantitative estimate of drug-likeness (QED) is 0.682. The van der Waals surface area contributed by atoms with E-state index >= 15 is 0 Å². The highest BCUT2D eigenvalue weighted by atomic mass is 15.2. The Kier molecular flexibility index (Phi) is 3.77. The topological polar surface area (TPSA) is 29.3 Å². The van der Waals surface area contributed by atoms with Crippen LogP contribution >= 0.6 is 0 Å². The van der Waals surface area contributed by atoms with E-state index in [1.807, 2.05) is 6.07 Å². The molecule has 0 aliphatic carbocycles. The molecule has 0 aliphatic rings. The van der Waals surface area contributed by atoms with Gasteiger partial charge in [0.15, 0.2) is 0 Å². The Bertz CT molecular complexity index is 204. The van der Waals surface area contributed by atoms with Gasteiger partial charge in [-0.05, 0) is 12.1 Å². The van der Waals surface area contributed by atoms with Gasteiger partial charge in [-0.3, -0.25) is 4.90 Å². The van der Waals surface area contributed by atoms with Gasteiger partial charge in [0.25, 0.3) is 0 Å².